The highest BCUT2D eigenvalue weighted by Gasteiger charge is 2.10. The minimum atomic E-state index is 0.354. The molecule has 0 radical (unpaired) electrons. The maximum absolute atomic E-state index is 5.91. The van der Waals surface area contributed by atoms with Crippen molar-refractivity contribution in [3.8, 4) is 5.75 Å². The van der Waals surface area contributed by atoms with Gasteiger partial charge in [0.1, 0.15) is 5.75 Å². The van der Waals surface area contributed by atoms with Crippen LogP contribution in [-0.4, -0.2) is 45.9 Å². The Morgan fingerprint density at radius 1 is 1.23 bits per heavy atom. The lowest BCUT2D eigenvalue weighted by atomic mass is 10.1. The minimum Gasteiger partial charge on any atom is -0.494 e. The van der Waals surface area contributed by atoms with E-state index in [0.717, 1.165) is 31.2 Å². The standard InChI is InChI=1S/C19H30N6O/c1-24-19(22-18(14-20)23-24)21-9-6-12-26-17-8-5-7-16(13-17)15-25-10-3-2-4-11-25/h5,7-8,13H,2-4,6,9-12,14-15,20H2,1H3,(H,21,22,23). The van der Waals surface area contributed by atoms with Crippen molar-refractivity contribution < 1.29 is 4.74 Å². The van der Waals surface area contributed by atoms with Crippen molar-refractivity contribution in [1.82, 2.24) is 19.7 Å². The van der Waals surface area contributed by atoms with Gasteiger partial charge in [0.2, 0.25) is 5.95 Å². The molecule has 1 aliphatic heterocycles. The second-order valence-corrected chi connectivity index (χ2v) is 6.79. The fourth-order valence-electron chi connectivity index (χ4n) is 3.25. The number of likely N-dealkylation sites (tertiary alicyclic amines) is 1. The number of rotatable bonds is 9. The van der Waals surface area contributed by atoms with E-state index in [9.17, 15) is 0 Å². The molecule has 0 bridgehead atoms. The number of piperidine rings is 1. The number of benzene rings is 1. The van der Waals surface area contributed by atoms with Crippen molar-refractivity contribution in [3.05, 3.63) is 35.7 Å². The molecule has 26 heavy (non-hydrogen) atoms. The molecule has 0 unspecified atom stereocenters. The normalized spacial score (nSPS) is 15.2. The first-order valence-electron chi connectivity index (χ1n) is 9.52. The van der Waals surface area contributed by atoms with Gasteiger partial charge in [-0.15, -0.1) is 0 Å². The smallest absolute Gasteiger partial charge is 0.221 e. The summed E-state index contributed by atoms with van der Waals surface area (Å²) < 4.78 is 7.62. The number of nitrogens with zero attached hydrogens (tertiary/aromatic N) is 4. The van der Waals surface area contributed by atoms with Gasteiger partial charge in [-0.2, -0.15) is 10.1 Å². The van der Waals surface area contributed by atoms with Gasteiger partial charge in [-0.05, 0) is 50.0 Å². The SMILES string of the molecule is Cn1nc(CN)nc1NCCCOc1cccc(CN2CCCCC2)c1. The Balaban J connectivity index is 1.39. The van der Waals surface area contributed by atoms with Crippen LogP contribution >= 0.6 is 0 Å². The Labute approximate surface area is 155 Å². The summed E-state index contributed by atoms with van der Waals surface area (Å²) in [5.74, 6) is 2.34. The highest BCUT2D eigenvalue weighted by atomic mass is 16.5. The van der Waals surface area contributed by atoms with Crippen LogP contribution in [0.2, 0.25) is 0 Å². The quantitative estimate of drug-likeness (QED) is 0.669. The topological polar surface area (TPSA) is 81.2 Å². The number of nitrogens with one attached hydrogen (secondary N) is 1. The third-order valence-electron chi connectivity index (χ3n) is 4.62. The van der Waals surface area contributed by atoms with E-state index in [1.54, 1.807) is 4.68 Å². The molecule has 1 aromatic carbocycles. The average Bonchev–Trinajstić information content (AvgIpc) is 3.03. The van der Waals surface area contributed by atoms with Crippen LogP contribution in [-0.2, 0) is 20.1 Å². The lowest BCUT2D eigenvalue weighted by molar-refractivity contribution is 0.220. The molecule has 1 aromatic heterocycles. The summed E-state index contributed by atoms with van der Waals surface area (Å²) in [6, 6.07) is 8.47. The molecule has 1 aliphatic rings. The molecule has 2 heterocycles. The van der Waals surface area contributed by atoms with Crippen LogP contribution < -0.4 is 15.8 Å². The summed E-state index contributed by atoms with van der Waals surface area (Å²) in [4.78, 5) is 6.85. The first kappa shape index (κ1) is 18.7. The van der Waals surface area contributed by atoms with E-state index >= 15 is 0 Å². The molecular formula is C19H30N6O. The lowest BCUT2D eigenvalue weighted by Gasteiger charge is -2.26. The van der Waals surface area contributed by atoms with Crippen LogP contribution in [0.4, 0.5) is 5.95 Å². The molecule has 7 heteroatoms. The van der Waals surface area contributed by atoms with Gasteiger partial charge in [-0.25, -0.2) is 4.68 Å². The minimum absolute atomic E-state index is 0.354. The predicted molar refractivity (Wildman–Crippen MR) is 103 cm³/mol. The molecule has 0 atom stereocenters. The van der Waals surface area contributed by atoms with Crippen molar-refractivity contribution in [2.45, 2.75) is 38.8 Å². The summed E-state index contributed by atoms with van der Waals surface area (Å²) in [5, 5.41) is 7.48. The summed E-state index contributed by atoms with van der Waals surface area (Å²) in [7, 11) is 1.86. The maximum Gasteiger partial charge on any atom is 0.221 e. The van der Waals surface area contributed by atoms with E-state index in [1.807, 2.05) is 13.1 Å². The van der Waals surface area contributed by atoms with Crippen LogP contribution in [0.25, 0.3) is 0 Å². The van der Waals surface area contributed by atoms with E-state index in [-0.39, 0.29) is 0 Å². The van der Waals surface area contributed by atoms with E-state index in [4.69, 9.17) is 10.5 Å². The highest BCUT2D eigenvalue weighted by Crippen LogP contribution is 2.17. The van der Waals surface area contributed by atoms with Crippen molar-refractivity contribution in [2.75, 3.05) is 31.6 Å². The van der Waals surface area contributed by atoms with Crippen molar-refractivity contribution in [3.63, 3.8) is 0 Å². The number of aromatic nitrogens is 3. The molecule has 0 saturated carbocycles. The van der Waals surface area contributed by atoms with Gasteiger partial charge >= 0.3 is 0 Å². The second-order valence-electron chi connectivity index (χ2n) is 6.79. The van der Waals surface area contributed by atoms with E-state index in [2.05, 4.69) is 38.5 Å². The summed E-state index contributed by atoms with van der Waals surface area (Å²) in [6.07, 6.45) is 4.90. The van der Waals surface area contributed by atoms with Crippen LogP contribution in [0.5, 0.6) is 5.75 Å². The first-order chi connectivity index (χ1) is 12.7. The second kappa shape index (κ2) is 9.54. The predicted octanol–water partition coefficient (Wildman–Crippen LogP) is 2.14. The molecule has 1 saturated heterocycles. The number of aryl methyl sites for hydroxylation is 1. The van der Waals surface area contributed by atoms with Gasteiger partial charge in [0.15, 0.2) is 5.82 Å². The molecule has 2 aromatic rings. The van der Waals surface area contributed by atoms with E-state index < -0.39 is 0 Å². The zero-order valence-corrected chi connectivity index (χ0v) is 15.7. The largest absolute Gasteiger partial charge is 0.494 e. The Bertz CT molecular complexity index is 680. The zero-order chi connectivity index (χ0) is 18.2. The Morgan fingerprint density at radius 2 is 2.08 bits per heavy atom. The number of ether oxygens (including phenoxy) is 1. The van der Waals surface area contributed by atoms with Crippen LogP contribution in [0, 0.1) is 0 Å². The molecule has 0 amide bonds. The van der Waals surface area contributed by atoms with Crippen molar-refractivity contribution in [1.29, 1.82) is 0 Å². The fraction of sp³-hybridized carbons (Fsp3) is 0.579. The lowest BCUT2D eigenvalue weighted by Crippen LogP contribution is -2.29. The average molecular weight is 358 g/mol. The molecule has 0 aliphatic carbocycles. The van der Waals surface area contributed by atoms with Gasteiger partial charge in [-0.3, -0.25) is 4.90 Å². The van der Waals surface area contributed by atoms with E-state index in [0.29, 0.717) is 19.0 Å². The summed E-state index contributed by atoms with van der Waals surface area (Å²) in [5.41, 5.74) is 6.88. The molecular weight excluding hydrogens is 328 g/mol. The molecule has 3 rings (SSSR count). The van der Waals surface area contributed by atoms with E-state index in [1.165, 1.54) is 37.9 Å². The molecule has 3 N–H and O–H groups in total. The third kappa shape index (κ3) is 5.44. The molecule has 1 fully saturated rings. The number of hydrogen-bond acceptors (Lipinski definition) is 6. The zero-order valence-electron chi connectivity index (χ0n) is 15.7. The van der Waals surface area contributed by atoms with Gasteiger partial charge in [0.25, 0.3) is 0 Å². The Morgan fingerprint density at radius 3 is 2.85 bits per heavy atom. The monoisotopic (exact) mass is 358 g/mol. The summed E-state index contributed by atoms with van der Waals surface area (Å²) in [6.45, 7) is 5.25. The Hall–Kier alpha value is -2.12. The molecule has 7 nitrogen and oxygen atoms in total. The van der Waals surface area contributed by atoms with Gasteiger partial charge in [0, 0.05) is 20.1 Å². The first-order valence-corrected chi connectivity index (χ1v) is 9.52. The van der Waals surface area contributed by atoms with Gasteiger partial charge in [-0.1, -0.05) is 18.6 Å². The van der Waals surface area contributed by atoms with Gasteiger partial charge in [0.05, 0.1) is 13.2 Å². The van der Waals surface area contributed by atoms with Crippen LogP contribution in [0.15, 0.2) is 24.3 Å². The number of nitrogens with two attached hydrogens (primary N) is 1. The van der Waals surface area contributed by atoms with Crippen LogP contribution in [0.3, 0.4) is 0 Å². The maximum atomic E-state index is 5.91. The molecule has 0 spiro atoms. The number of anilines is 1. The van der Waals surface area contributed by atoms with Crippen molar-refractivity contribution in [2.24, 2.45) is 12.8 Å². The van der Waals surface area contributed by atoms with Gasteiger partial charge < -0.3 is 15.8 Å². The summed E-state index contributed by atoms with van der Waals surface area (Å²) >= 11 is 0. The van der Waals surface area contributed by atoms with Crippen LogP contribution in [0.1, 0.15) is 37.1 Å². The third-order valence-corrected chi connectivity index (χ3v) is 4.62. The molecule has 142 valence electrons. The Kier molecular flexibility index (Phi) is 6.85. The highest BCUT2D eigenvalue weighted by molar-refractivity contribution is 5.28. The van der Waals surface area contributed by atoms with Crippen molar-refractivity contribution >= 4 is 5.95 Å². The number of hydrogen-bond donors (Lipinski definition) is 2. The fourth-order valence-corrected chi connectivity index (χ4v) is 3.25.